The van der Waals surface area contributed by atoms with Crippen molar-refractivity contribution >= 4 is 23.7 Å². The predicted molar refractivity (Wildman–Crippen MR) is 63.6 cm³/mol. The molecule has 1 aromatic carbocycles. The number of hydrogen-bond acceptors (Lipinski definition) is 3. The second-order valence-electron chi connectivity index (χ2n) is 3.85. The Morgan fingerprint density at radius 2 is 2.27 bits per heavy atom. The first-order valence-corrected chi connectivity index (χ1v) is 5.68. The molecule has 1 N–H and O–H groups in total. The first kappa shape index (κ1) is 9.24. The van der Waals surface area contributed by atoms with E-state index in [2.05, 4.69) is 33.6 Å². The molecule has 0 unspecified atom stereocenters. The lowest BCUT2D eigenvalue weighted by Crippen LogP contribution is -2.17. The molecular formula is C11H13N3S. The van der Waals surface area contributed by atoms with Crippen molar-refractivity contribution in [2.75, 3.05) is 13.1 Å². The Hall–Kier alpha value is -1.00. The van der Waals surface area contributed by atoms with Crippen LogP contribution in [0.1, 0.15) is 5.82 Å². The van der Waals surface area contributed by atoms with Crippen molar-refractivity contribution in [3.63, 3.8) is 0 Å². The van der Waals surface area contributed by atoms with Crippen LogP contribution in [0.5, 0.6) is 0 Å². The van der Waals surface area contributed by atoms with Gasteiger partial charge in [-0.05, 0) is 18.2 Å². The number of fused-ring (bicyclic) bond motifs is 3. The summed E-state index contributed by atoms with van der Waals surface area (Å²) in [7, 11) is 0. The number of imidazole rings is 1. The third-order valence-corrected chi connectivity index (χ3v) is 3.13. The van der Waals surface area contributed by atoms with Crippen molar-refractivity contribution in [3.8, 4) is 0 Å². The Kier molecular flexibility index (Phi) is 2.18. The molecule has 1 aliphatic rings. The lowest BCUT2D eigenvalue weighted by molar-refractivity contribution is 0.657. The van der Waals surface area contributed by atoms with Gasteiger partial charge in [-0.1, -0.05) is 0 Å². The normalized spacial score (nSPS) is 16.3. The lowest BCUT2D eigenvalue weighted by Gasteiger charge is -2.03. The van der Waals surface area contributed by atoms with Crippen molar-refractivity contribution < 1.29 is 0 Å². The van der Waals surface area contributed by atoms with E-state index in [0.717, 1.165) is 36.5 Å². The summed E-state index contributed by atoms with van der Waals surface area (Å²) in [6.07, 6.45) is 1.01. The Balaban J connectivity index is 2.24. The van der Waals surface area contributed by atoms with E-state index in [1.165, 1.54) is 11.3 Å². The molecule has 0 amide bonds. The van der Waals surface area contributed by atoms with Gasteiger partial charge >= 0.3 is 0 Å². The molecule has 4 heteroatoms. The monoisotopic (exact) mass is 219 g/mol. The summed E-state index contributed by atoms with van der Waals surface area (Å²) in [4.78, 5) is 5.65. The molecule has 3 nitrogen and oxygen atoms in total. The summed E-state index contributed by atoms with van der Waals surface area (Å²) in [6.45, 7) is 3.05. The van der Waals surface area contributed by atoms with E-state index in [0.29, 0.717) is 0 Å². The maximum Gasteiger partial charge on any atom is 0.111 e. The topological polar surface area (TPSA) is 29.9 Å². The highest BCUT2D eigenvalue weighted by molar-refractivity contribution is 7.80. The summed E-state index contributed by atoms with van der Waals surface area (Å²) in [5, 5.41) is 3.38. The highest BCUT2D eigenvalue weighted by Gasteiger charge is 2.12. The molecule has 0 fully saturated rings. The molecule has 1 aliphatic heterocycles. The maximum absolute atomic E-state index is 4.64. The van der Waals surface area contributed by atoms with Gasteiger partial charge in [0.1, 0.15) is 5.82 Å². The largest absolute Gasteiger partial charge is 0.327 e. The molecule has 0 radical (unpaired) electrons. The van der Waals surface area contributed by atoms with Crippen molar-refractivity contribution in [2.45, 2.75) is 17.9 Å². The van der Waals surface area contributed by atoms with Gasteiger partial charge in [-0.2, -0.15) is 0 Å². The fourth-order valence-corrected chi connectivity index (χ4v) is 2.31. The second-order valence-corrected chi connectivity index (χ2v) is 4.37. The van der Waals surface area contributed by atoms with E-state index in [9.17, 15) is 0 Å². The van der Waals surface area contributed by atoms with E-state index in [4.69, 9.17) is 0 Å². The van der Waals surface area contributed by atoms with E-state index in [-0.39, 0.29) is 0 Å². The van der Waals surface area contributed by atoms with Crippen molar-refractivity contribution in [2.24, 2.45) is 0 Å². The molecule has 2 aromatic rings. The molecule has 15 heavy (non-hydrogen) atoms. The Morgan fingerprint density at radius 1 is 1.33 bits per heavy atom. The van der Waals surface area contributed by atoms with Crippen molar-refractivity contribution in [3.05, 3.63) is 24.0 Å². The van der Waals surface area contributed by atoms with Crippen LogP contribution in [0.4, 0.5) is 0 Å². The Morgan fingerprint density at radius 3 is 3.20 bits per heavy atom. The fourth-order valence-electron chi connectivity index (χ4n) is 2.12. The van der Waals surface area contributed by atoms with Crippen LogP contribution in [0.3, 0.4) is 0 Å². The summed E-state index contributed by atoms with van der Waals surface area (Å²) in [5.74, 6) is 1.19. The number of aromatic nitrogens is 2. The fraction of sp³-hybridized carbons (Fsp3) is 0.364. The van der Waals surface area contributed by atoms with Gasteiger partial charge in [0.15, 0.2) is 0 Å². The van der Waals surface area contributed by atoms with Gasteiger partial charge in [0.25, 0.3) is 0 Å². The number of benzene rings is 1. The standard InChI is InChI=1S/C11H13N3S/c15-8-1-2-9-10(7-8)14-6-5-12-4-3-11(14)13-9/h1-2,7,12,15H,3-6H2. The van der Waals surface area contributed by atoms with Gasteiger partial charge in [0, 0.05) is 31.0 Å². The lowest BCUT2D eigenvalue weighted by atomic mass is 10.3. The van der Waals surface area contributed by atoms with Gasteiger partial charge in [0.2, 0.25) is 0 Å². The smallest absolute Gasteiger partial charge is 0.111 e. The quantitative estimate of drug-likeness (QED) is 0.657. The van der Waals surface area contributed by atoms with Crippen LogP contribution in [0.15, 0.2) is 23.1 Å². The molecule has 0 saturated heterocycles. The van der Waals surface area contributed by atoms with Gasteiger partial charge in [-0.3, -0.25) is 0 Å². The van der Waals surface area contributed by atoms with Crippen LogP contribution in [-0.2, 0) is 13.0 Å². The number of rotatable bonds is 0. The zero-order valence-electron chi connectivity index (χ0n) is 8.40. The molecule has 0 bridgehead atoms. The van der Waals surface area contributed by atoms with Gasteiger partial charge in [-0.15, -0.1) is 12.6 Å². The third kappa shape index (κ3) is 1.54. The minimum absolute atomic E-state index is 1.00. The van der Waals surface area contributed by atoms with E-state index in [1.807, 2.05) is 12.1 Å². The molecule has 0 atom stereocenters. The Bertz CT molecular complexity index is 504. The molecule has 0 spiro atoms. The van der Waals surface area contributed by atoms with Gasteiger partial charge in [-0.25, -0.2) is 4.98 Å². The van der Waals surface area contributed by atoms with E-state index < -0.39 is 0 Å². The molecule has 1 aromatic heterocycles. The average Bonchev–Trinajstić information content (AvgIpc) is 2.44. The summed E-state index contributed by atoms with van der Waals surface area (Å²) < 4.78 is 2.30. The highest BCUT2D eigenvalue weighted by atomic mass is 32.1. The minimum Gasteiger partial charge on any atom is -0.327 e. The Labute approximate surface area is 93.9 Å². The third-order valence-electron chi connectivity index (χ3n) is 2.85. The zero-order valence-corrected chi connectivity index (χ0v) is 9.30. The van der Waals surface area contributed by atoms with E-state index >= 15 is 0 Å². The highest BCUT2D eigenvalue weighted by Crippen LogP contribution is 2.20. The first-order chi connectivity index (χ1) is 7.34. The molecular weight excluding hydrogens is 206 g/mol. The maximum atomic E-state index is 4.64. The van der Waals surface area contributed by atoms with Crippen LogP contribution in [0.25, 0.3) is 11.0 Å². The minimum atomic E-state index is 1.00. The van der Waals surface area contributed by atoms with Crippen molar-refractivity contribution in [1.82, 2.24) is 14.9 Å². The number of nitrogens with one attached hydrogen (secondary N) is 1. The summed E-state index contributed by atoms with van der Waals surface area (Å²) in [5.41, 5.74) is 2.30. The number of nitrogens with zero attached hydrogens (tertiary/aromatic N) is 2. The second kappa shape index (κ2) is 3.54. The van der Waals surface area contributed by atoms with Crippen LogP contribution >= 0.6 is 12.6 Å². The van der Waals surface area contributed by atoms with Crippen LogP contribution < -0.4 is 5.32 Å². The predicted octanol–water partition coefficient (Wildman–Crippen LogP) is 1.47. The van der Waals surface area contributed by atoms with E-state index in [1.54, 1.807) is 0 Å². The van der Waals surface area contributed by atoms with Crippen LogP contribution in [-0.4, -0.2) is 22.6 Å². The number of thiol groups is 1. The van der Waals surface area contributed by atoms with Gasteiger partial charge < -0.3 is 9.88 Å². The number of hydrogen-bond donors (Lipinski definition) is 2. The summed E-state index contributed by atoms with van der Waals surface area (Å²) >= 11 is 4.37. The zero-order chi connectivity index (χ0) is 10.3. The van der Waals surface area contributed by atoms with Crippen molar-refractivity contribution in [1.29, 1.82) is 0 Å². The molecule has 3 rings (SSSR count). The summed E-state index contributed by atoms with van der Waals surface area (Å²) in [6, 6.07) is 6.14. The molecule has 2 heterocycles. The van der Waals surface area contributed by atoms with Crippen LogP contribution in [0, 0.1) is 0 Å². The average molecular weight is 219 g/mol. The molecule has 0 aliphatic carbocycles. The van der Waals surface area contributed by atoms with Crippen LogP contribution in [0.2, 0.25) is 0 Å². The first-order valence-electron chi connectivity index (χ1n) is 5.23. The van der Waals surface area contributed by atoms with Gasteiger partial charge in [0.05, 0.1) is 11.0 Å². The molecule has 0 saturated carbocycles. The molecule has 78 valence electrons. The SMILES string of the molecule is Sc1ccc2nc3n(c2c1)CCNCC3.